The average Bonchev–Trinajstić information content (AvgIpc) is 0.864. The number of carbonyl (C=O) groups is 17. The van der Waals surface area contributed by atoms with Crippen LogP contribution in [-0.2, 0) is 87.9 Å². The number of hydrogen-bond acceptors (Lipinski definition) is 23. The summed E-state index contributed by atoms with van der Waals surface area (Å²) in [5, 5.41) is 73.8. The quantitative estimate of drug-likeness (QED) is 0.0269. The zero-order chi connectivity index (χ0) is 82.6. The van der Waals surface area contributed by atoms with Crippen molar-refractivity contribution in [3.63, 3.8) is 0 Å². The summed E-state index contributed by atoms with van der Waals surface area (Å²) in [7, 11) is 0. The zero-order valence-corrected chi connectivity index (χ0v) is 63.3. The van der Waals surface area contributed by atoms with Crippen molar-refractivity contribution in [3.8, 4) is 0 Å². The summed E-state index contributed by atoms with van der Waals surface area (Å²) in [5.74, 6) is -19.3. The molecule has 0 aliphatic heterocycles. The molecule has 15 amide bonds. The van der Waals surface area contributed by atoms with E-state index in [1.807, 2.05) is 0 Å². The first-order valence-electron chi connectivity index (χ1n) is 36.4. The van der Waals surface area contributed by atoms with Crippen LogP contribution in [0, 0.1) is 17.8 Å². The van der Waals surface area contributed by atoms with E-state index in [1.54, 1.807) is 58.0 Å². The number of benzene rings is 1. The average molecular weight is 1550 g/mol. The summed E-state index contributed by atoms with van der Waals surface area (Å²) in [6.45, 7) is 9.39. The Bertz CT molecular complexity index is 3180. The molecule has 0 saturated heterocycles. The van der Waals surface area contributed by atoms with E-state index in [0.29, 0.717) is 63.5 Å². The van der Waals surface area contributed by atoms with Gasteiger partial charge in [-0.3, -0.25) is 76.7 Å². The number of carboxylic acids is 2. The van der Waals surface area contributed by atoms with Crippen molar-refractivity contribution in [3.05, 3.63) is 35.9 Å². The molecule has 1 aromatic rings. The first-order chi connectivity index (χ1) is 51.3. The van der Waals surface area contributed by atoms with Crippen LogP contribution in [0.1, 0.15) is 151 Å². The van der Waals surface area contributed by atoms with Crippen LogP contribution in [0.25, 0.3) is 0 Å². The maximum atomic E-state index is 14.0. The van der Waals surface area contributed by atoms with E-state index in [1.165, 1.54) is 13.8 Å². The summed E-state index contributed by atoms with van der Waals surface area (Å²) in [6, 6.07) is -9.44. The monoisotopic (exact) mass is 1550 g/mol. The number of aliphatic hydroxyl groups is 2. The van der Waals surface area contributed by atoms with Crippen molar-refractivity contribution in [2.75, 3.05) is 45.9 Å². The topological polar surface area (TPSA) is 670 Å². The number of carbonyl (C=O) groups excluding carboxylic acids is 15. The van der Waals surface area contributed by atoms with E-state index >= 15 is 0 Å². The van der Waals surface area contributed by atoms with E-state index in [0.717, 1.165) is 13.8 Å². The molecular formula is C69H117N19O21. The van der Waals surface area contributed by atoms with Crippen molar-refractivity contribution in [1.29, 1.82) is 0 Å². The normalized spacial score (nSPS) is 15.0. The molecule has 14 atom stereocenters. The first-order valence-corrected chi connectivity index (χ1v) is 36.4. The predicted molar refractivity (Wildman–Crippen MR) is 394 cm³/mol. The Morgan fingerprint density at radius 3 is 1.33 bits per heavy atom. The van der Waals surface area contributed by atoms with Crippen LogP contribution >= 0.6 is 0 Å². The van der Waals surface area contributed by atoms with E-state index < -0.39 is 236 Å². The summed E-state index contributed by atoms with van der Waals surface area (Å²) >= 11 is 0. The molecule has 40 nitrogen and oxygen atoms in total. The van der Waals surface area contributed by atoms with Gasteiger partial charge in [-0.15, -0.1) is 0 Å². The minimum atomic E-state index is -1.94. The number of aliphatic carboxylic acids is 2. The Morgan fingerprint density at radius 1 is 0.431 bits per heavy atom. The Balaban J connectivity index is 3.22. The third kappa shape index (κ3) is 38.6. The molecule has 109 heavy (non-hydrogen) atoms. The Labute approximate surface area is 633 Å². The van der Waals surface area contributed by atoms with Gasteiger partial charge in [0.1, 0.15) is 66.5 Å². The molecule has 0 spiro atoms. The largest absolute Gasteiger partial charge is 0.481 e. The third-order valence-corrected chi connectivity index (χ3v) is 17.0. The lowest BCUT2D eigenvalue weighted by atomic mass is 9.98. The second-order valence-electron chi connectivity index (χ2n) is 27.2. The number of hydrogen-bond donors (Lipinski definition) is 23. The number of nitrogens with one attached hydrogen (secondary N) is 14. The standard InChI is InChI=1S/C69H117N19O21/c1-9-38(6)56(69(108)109)88-62(101)44(23-15-18-28-72)82-66(105)49(35-89)85-64(103)46(29-36(2)3)83-68(107)57(40(8)90)87-53(94)34-77-61(100)45(24-25-50(74)91)80-58(97)39(7)78-63(102)48(31-54(95)96)84-67(106)55(37(4)5)86-52(93)33-76-60(99)43(22-14-17-27-71)81-65(104)47(30-41-19-11-10-12-20-41)79-51(92)32-75-59(98)42(73)21-13-16-26-70/h10-12,19-20,36-40,42-49,55-57,89-90H,9,13-18,21-35,70-73H2,1-8H3,(H2,74,91)(H,75,98)(H,76,99)(H,77,100)(H,78,102)(H,79,92)(H,80,97)(H,81,104)(H,82,105)(H,83,107)(H,84,106)(H,85,103)(H,86,93)(H,87,94)(H,88,101)(H,95,96)(H,108,109)/t38-,39-,40+,42-,43-,44-,45-,46-,47-,48-,49-,55-,56-,57-/m0/s1. The fraction of sp³-hybridized carbons (Fsp3) is 0.667. The lowest BCUT2D eigenvalue weighted by molar-refractivity contribution is -0.144. The molecule has 1 rings (SSSR count). The molecule has 40 heteroatoms. The third-order valence-electron chi connectivity index (χ3n) is 17.0. The van der Waals surface area contributed by atoms with Gasteiger partial charge in [0.05, 0.1) is 44.8 Å². The van der Waals surface area contributed by atoms with Crippen molar-refractivity contribution < 1.29 is 102 Å². The highest BCUT2D eigenvalue weighted by molar-refractivity contribution is 6.00. The highest BCUT2D eigenvalue weighted by Gasteiger charge is 2.37. The molecule has 28 N–H and O–H groups in total. The van der Waals surface area contributed by atoms with E-state index in [9.17, 15) is 102 Å². The van der Waals surface area contributed by atoms with Gasteiger partial charge in [0, 0.05) is 12.8 Å². The first kappa shape index (κ1) is 97.0. The number of carboxylic acid groups (broad SMARTS) is 2. The van der Waals surface area contributed by atoms with Crippen LogP contribution in [0.15, 0.2) is 30.3 Å². The molecule has 0 radical (unpaired) electrons. The highest BCUT2D eigenvalue weighted by Crippen LogP contribution is 2.14. The lowest BCUT2D eigenvalue weighted by Crippen LogP contribution is -2.61. The van der Waals surface area contributed by atoms with E-state index in [4.69, 9.17) is 28.7 Å². The van der Waals surface area contributed by atoms with Gasteiger partial charge in [0.2, 0.25) is 88.6 Å². The molecule has 614 valence electrons. The van der Waals surface area contributed by atoms with Crippen LogP contribution in [0.2, 0.25) is 0 Å². The number of nitrogens with two attached hydrogens (primary N) is 5. The van der Waals surface area contributed by atoms with E-state index in [-0.39, 0.29) is 44.7 Å². The van der Waals surface area contributed by atoms with Crippen LogP contribution in [0.5, 0.6) is 0 Å². The molecule has 0 heterocycles. The summed E-state index contributed by atoms with van der Waals surface area (Å²) in [6.07, 6.45) is -0.558. The summed E-state index contributed by atoms with van der Waals surface area (Å²) in [4.78, 5) is 226. The van der Waals surface area contributed by atoms with Gasteiger partial charge in [-0.25, -0.2) is 4.79 Å². The molecule has 0 aliphatic rings. The van der Waals surface area contributed by atoms with Gasteiger partial charge in [0.15, 0.2) is 0 Å². The lowest BCUT2D eigenvalue weighted by Gasteiger charge is -2.28. The Morgan fingerprint density at radius 2 is 0.853 bits per heavy atom. The number of amides is 15. The maximum absolute atomic E-state index is 14.0. The Kier molecular flexibility index (Phi) is 46.4. The second-order valence-corrected chi connectivity index (χ2v) is 27.2. The van der Waals surface area contributed by atoms with Gasteiger partial charge in [-0.2, -0.15) is 0 Å². The minimum Gasteiger partial charge on any atom is -0.481 e. The number of primary amides is 1. The van der Waals surface area contributed by atoms with Crippen LogP contribution in [0.4, 0.5) is 0 Å². The number of aliphatic hydroxyl groups excluding tert-OH is 2. The molecule has 1 aromatic carbocycles. The summed E-state index contributed by atoms with van der Waals surface area (Å²) < 4.78 is 0. The van der Waals surface area contributed by atoms with Crippen molar-refractivity contribution in [1.82, 2.24) is 74.4 Å². The molecule has 0 unspecified atom stereocenters. The predicted octanol–water partition coefficient (Wildman–Crippen LogP) is -7.41. The van der Waals surface area contributed by atoms with Crippen LogP contribution in [0.3, 0.4) is 0 Å². The molecule has 0 aromatic heterocycles. The number of rotatable bonds is 55. The van der Waals surface area contributed by atoms with Crippen molar-refractivity contribution in [2.45, 2.75) is 230 Å². The van der Waals surface area contributed by atoms with Crippen LogP contribution < -0.4 is 103 Å². The van der Waals surface area contributed by atoms with Gasteiger partial charge >= 0.3 is 11.9 Å². The van der Waals surface area contributed by atoms with Gasteiger partial charge < -0.3 is 124 Å². The molecule has 0 bridgehead atoms. The second kappa shape index (κ2) is 52.1. The molecular weight excluding hydrogens is 1430 g/mol. The van der Waals surface area contributed by atoms with Gasteiger partial charge in [-0.1, -0.05) is 84.7 Å². The highest BCUT2D eigenvalue weighted by atomic mass is 16.4. The maximum Gasteiger partial charge on any atom is 0.326 e. The van der Waals surface area contributed by atoms with Crippen molar-refractivity contribution in [2.24, 2.45) is 46.4 Å². The molecule has 0 aliphatic carbocycles. The smallest absolute Gasteiger partial charge is 0.326 e. The minimum absolute atomic E-state index is 0.00255. The number of unbranched alkanes of at least 4 members (excludes halogenated alkanes) is 3. The van der Waals surface area contributed by atoms with Gasteiger partial charge in [0.25, 0.3) is 0 Å². The zero-order valence-electron chi connectivity index (χ0n) is 63.3. The van der Waals surface area contributed by atoms with Gasteiger partial charge in [-0.05, 0) is 121 Å². The fourth-order valence-corrected chi connectivity index (χ4v) is 10.5. The molecule has 0 saturated carbocycles. The Hall–Kier alpha value is -10.0. The van der Waals surface area contributed by atoms with Crippen LogP contribution in [-0.4, -0.2) is 245 Å². The SMILES string of the molecule is CC[C@H](C)[C@H](NC(=O)[C@H](CCCCN)NC(=O)[C@H](CO)NC(=O)[C@H](CC(C)C)NC(=O)[C@@H](NC(=O)CNC(=O)[C@H](CCC(N)=O)NC(=O)[C@H](C)NC(=O)[C@H](CC(=O)O)NC(=O)[C@@H](NC(=O)CNC(=O)[C@H](CCCCN)NC(=O)[C@H](Cc1ccccc1)NC(=O)CNC(=O)[C@@H](N)CCCCN)C(C)C)[C@@H](C)O)C(=O)O. The van der Waals surface area contributed by atoms with Crippen molar-refractivity contribution >= 4 is 101 Å². The summed E-state index contributed by atoms with van der Waals surface area (Å²) in [5.41, 5.74) is 28.8. The fourth-order valence-electron chi connectivity index (χ4n) is 10.5. The molecule has 0 fully saturated rings. The van der Waals surface area contributed by atoms with E-state index in [2.05, 4.69) is 74.4 Å².